The van der Waals surface area contributed by atoms with Crippen molar-refractivity contribution in [1.29, 1.82) is 0 Å². The van der Waals surface area contributed by atoms with Gasteiger partial charge in [0.1, 0.15) is 6.10 Å². The SMILES string of the molecule is CN=C(NCc1cccc([N+](=O)[O-])c1)NCC(O)c1cc2ccccc2s1. The van der Waals surface area contributed by atoms with Gasteiger partial charge in [0.2, 0.25) is 0 Å². The molecule has 0 spiro atoms. The molecule has 0 amide bonds. The minimum absolute atomic E-state index is 0.0532. The van der Waals surface area contributed by atoms with E-state index in [9.17, 15) is 15.2 Å². The minimum atomic E-state index is -0.654. The van der Waals surface area contributed by atoms with Crippen LogP contribution in [0.5, 0.6) is 0 Å². The number of nitrogens with one attached hydrogen (secondary N) is 2. The molecule has 3 aromatic rings. The molecule has 0 fully saturated rings. The maximum absolute atomic E-state index is 10.8. The summed E-state index contributed by atoms with van der Waals surface area (Å²) in [4.78, 5) is 15.4. The summed E-state index contributed by atoms with van der Waals surface area (Å²) in [6.07, 6.45) is -0.654. The molecule has 0 saturated carbocycles. The molecule has 8 heteroatoms. The van der Waals surface area contributed by atoms with Crippen LogP contribution >= 0.6 is 11.3 Å². The van der Waals surface area contributed by atoms with Gasteiger partial charge in [-0.2, -0.15) is 0 Å². The van der Waals surface area contributed by atoms with Gasteiger partial charge in [0.25, 0.3) is 5.69 Å². The van der Waals surface area contributed by atoms with E-state index in [1.807, 2.05) is 30.3 Å². The van der Waals surface area contributed by atoms with Crippen LogP contribution in [0.3, 0.4) is 0 Å². The molecule has 1 aromatic heterocycles. The summed E-state index contributed by atoms with van der Waals surface area (Å²) < 4.78 is 1.14. The second kappa shape index (κ2) is 8.61. The summed E-state index contributed by atoms with van der Waals surface area (Å²) in [5.74, 6) is 0.515. The van der Waals surface area contributed by atoms with Gasteiger partial charge >= 0.3 is 0 Å². The number of nitro groups is 1. The number of aliphatic hydroxyl groups excluding tert-OH is 1. The van der Waals surface area contributed by atoms with Crippen molar-refractivity contribution in [2.75, 3.05) is 13.6 Å². The van der Waals surface area contributed by atoms with Gasteiger partial charge in [-0.25, -0.2) is 0 Å². The molecule has 0 saturated heterocycles. The third-order valence-corrected chi connectivity index (χ3v) is 5.26. The van der Waals surface area contributed by atoms with Crippen molar-refractivity contribution in [1.82, 2.24) is 10.6 Å². The Kier molecular flexibility index (Phi) is 6.00. The monoisotopic (exact) mass is 384 g/mol. The molecule has 1 heterocycles. The first-order valence-electron chi connectivity index (χ1n) is 8.41. The fourth-order valence-corrected chi connectivity index (χ4v) is 3.70. The highest BCUT2D eigenvalue weighted by atomic mass is 32.1. The van der Waals surface area contributed by atoms with Crippen LogP contribution in [0, 0.1) is 10.1 Å². The van der Waals surface area contributed by atoms with Gasteiger partial charge in [-0.3, -0.25) is 15.1 Å². The molecular formula is C19H20N4O3S. The molecule has 27 heavy (non-hydrogen) atoms. The zero-order valence-corrected chi connectivity index (χ0v) is 15.6. The van der Waals surface area contributed by atoms with Crippen molar-refractivity contribution in [3.63, 3.8) is 0 Å². The molecule has 0 radical (unpaired) electrons. The van der Waals surface area contributed by atoms with Crippen LogP contribution in [0.4, 0.5) is 5.69 Å². The lowest BCUT2D eigenvalue weighted by molar-refractivity contribution is -0.384. The van der Waals surface area contributed by atoms with Crippen LogP contribution in [-0.2, 0) is 6.54 Å². The second-order valence-corrected chi connectivity index (χ2v) is 7.05. The van der Waals surface area contributed by atoms with Crippen molar-refractivity contribution in [2.24, 2.45) is 4.99 Å². The molecule has 1 unspecified atom stereocenters. The number of rotatable bonds is 6. The lowest BCUT2D eigenvalue weighted by Gasteiger charge is -2.14. The van der Waals surface area contributed by atoms with E-state index in [2.05, 4.69) is 15.6 Å². The van der Waals surface area contributed by atoms with E-state index in [4.69, 9.17) is 0 Å². The number of benzene rings is 2. The third kappa shape index (κ3) is 4.81. The average molecular weight is 384 g/mol. The number of aliphatic imine (C=N–C) groups is 1. The van der Waals surface area contributed by atoms with Gasteiger partial charge < -0.3 is 15.7 Å². The van der Waals surface area contributed by atoms with Gasteiger partial charge in [-0.1, -0.05) is 30.3 Å². The Morgan fingerprint density at radius 2 is 2.04 bits per heavy atom. The predicted octanol–water partition coefficient (Wildman–Crippen LogP) is 3.21. The molecule has 0 aliphatic carbocycles. The molecule has 7 nitrogen and oxygen atoms in total. The highest BCUT2D eigenvalue weighted by Gasteiger charge is 2.12. The molecule has 0 aliphatic rings. The quantitative estimate of drug-likeness (QED) is 0.262. The largest absolute Gasteiger partial charge is 0.386 e. The number of guanidine groups is 1. The van der Waals surface area contributed by atoms with E-state index in [1.54, 1.807) is 30.5 Å². The summed E-state index contributed by atoms with van der Waals surface area (Å²) in [5, 5.41) is 28.6. The number of non-ortho nitro benzene ring substituents is 1. The number of fused-ring (bicyclic) bond motifs is 1. The Bertz CT molecular complexity index is 937. The second-order valence-electron chi connectivity index (χ2n) is 5.94. The molecule has 0 aliphatic heterocycles. The van der Waals surface area contributed by atoms with Crippen molar-refractivity contribution >= 4 is 33.1 Å². The first-order valence-corrected chi connectivity index (χ1v) is 9.23. The molecule has 2 aromatic carbocycles. The Hall–Kier alpha value is -2.97. The van der Waals surface area contributed by atoms with Crippen LogP contribution in [0.25, 0.3) is 10.1 Å². The normalized spacial score (nSPS) is 12.7. The molecule has 3 N–H and O–H groups in total. The summed E-state index contributed by atoms with van der Waals surface area (Å²) in [6.45, 7) is 0.696. The van der Waals surface area contributed by atoms with Gasteiger partial charge in [-0.05, 0) is 23.1 Å². The number of nitrogens with zero attached hydrogens (tertiary/aromatic N) is 2. The van der Waals surface area contributed by atoms with Crippen molar-refractivity contribution < 1.29 is 10.0 Å². The Morgan fingerprint density at radius 1 is 1.22 bits per heavy atom. The van der Waals surface area contributed by atoms with E-state index in [0.717, 1.165) is 20.5 Å². The van der Waals surface area contributed by atoms with Gasteiger partial charge in [-0.15, -0.1) is 11.3 Å². The maximum atomic E-state index is 10.8. The van der Waals surface area contributed by atoms with Crippen molar-refractivity contribution in [3.8, 4) is 0 Å². The first-order chi connectivity index (χ1) is 13.1. The highest BCUT2D eigenvalue weighted by molar-refractivity contribution is 7.19. The van der Waals surface area contributed by atoms with Crippen molar-refractivity contribution in [3.05, 3.63) is 75.2 Å². The lowest BCUT2D eigenvalue weighted by atomic mass is 10.2. The zero-order valence-electron chi connectivity index (χ0n) is 14.8. The topological polar surface area (TPSA) is 99.8 Å². The maximum Gasteiger partial charge on any atom is 0.269 e. The third-order valence-electron chi connectivity index (χ3n) is 4.04. The van der Waals surface area contributed by atoms with Crippen LogP contribution in [0.2, 0.25) is 0 Å². The fourth-order valence-electron chi connectivity index (χ4n) is 2.65. The smallest absolute Gasteiger partial charge is 0.269 e. The fraction of sp³-hybridized carbons (Fsp3) is 0.211. The zero-order chi connectivity index (χ0) is 19.2. The van der Waals surface area contributed by atoms with Crippen molar-refractivity contribution in [2.45, 2.75) is 12.6 Å². The number of hydrogen-bond acceptors (Lipinski definition) is 5. The van der Waals surface area contributed by atoms with Gasteiger partial charge in [0.05, 0.1) is 4.92 Å². The van der Waals surface area contributed by atoms with E-state index < -0.39 is 11.0 Å². The molecule has 1 atom stereocenters. The number of nitro benzene ring substituents is 1. The van der Waals surface area contributed by atoms with Gasteiger partial charge in [0.15, 0.2) is 5.96 Å². The Balaban J connectivity index is 1.55. The lowest BCUT2D eigenvalue weighted by Crippen LogP contribution is -2.38. The minimum Gasteiger partial charge on any atom is -0.386 e. The van der Waals surface area contributed by atoms with Crippen LogP contribution < -0.4 is 10.6 Å². The Morgan fingerprint density at radius 3 is 2.78 bits per heavy atom. The highest BCUT2D eigenvalue weighted by Crippen LogP contribution is 2.29. The molecule has 0 bridgehead atoms. The van der Waals surface area contributed by atoms with E-state index >= 15 is 0 Å². The predicted molar refractivity (Wildman–Crippen MR) is 108 cm³/mol. The van der Waals surface area contributed by atoms with Crippen LogP contribution in [0.15, 0.2) is 59.6 Å². The number of hydrogen-bond donors (Lipinski definition) is 3. The Labute approximate surface area is 160 Å². The van der Waals surface area contributed by atoms with E-state index in [-0.39, 0.29) is 5.69 Å². The summed E-state index contributed by atoms with van der Waals surface area (Å²) >= 11 is 1.57. The summed E-state index contributed by atoms with van der Waals surface area (Å²) in [7, 11) is 1.63. The van der Waals surface area contributed by atoms with Gasteiger partial charge in [0, 0.05) is 41.8 Å². The summed E-state index contributed by atoms with van der Waals surface area (Å²) in [6, 6.07) is 16.4. The first kappa shape index (κ1) is 18.8. The van der Waals surface area contributed by atoms with Crippen LogP contribution in [-0.4, -0.2) is 29.6 Å². The number of aliphatic hydroxyl groups is 1. The van der Waals surface area contributed by atoms with Crippen LogP contribution in [0.1, 0.15) is 16.5 Å². The van der Waals surface area contributed by atoms with E-state index in [0.29, 0.717) is 19.0 Å². The molecule has 3 rings (SSSR count). The average Bonchev–Trinajstić information content (AvgIpc) is 3.12. The summed E-state index contributed by atoms with van der Waals surface area (Å²) in [5.41, 5.74) is 0.828. The number of thiophene rings is 1. The standard InChI is InChI=1S/C19H20N4O3S/c1-20-19(21-11-13-5-4-7-15(9-13)23(25)26)22-12-16(24)18-10-14-6-2-3-8-17(14)27-18/h2-10,16,24H,11-12H2,1H3,(H2,20,21,22). The molecule has 140 valence electrons. The van der Waals surface area contributed by atoms with E-state index in [1.165, 1.54) is 12.1 Å². The molecular weight excluding hydrogens is 364 g/mol.